The first kappa shape index (κ1) is 16.5. The van der Waals surface area contributed by atoms with E-state index in [2.05, 4.69) is 80.9 Å². The van der Waals surface area contributed by atoms with E-state index in [0.717, 1.165) is 17.8 Å². The number of hydrogen-bond donors (Lipinski definition) is 0. The summed E-state index contributed by atoms with van der Waals surface area (Å²) in [4.78, 5) is 7.08. The van der Waals surface area contributed by atoms with Gasteiger partial charge in [0.05, 0.1) is 11.2 Å². The highest BCUT2D eigenvalue weighted by atomic mass is 15.2. The third kappa shape index (κ3) is 3.14. The standard InChI is InChI=1S/C22H26N2/c1-6-24-21-11-10-18(13-20(21)17(3)14-22(24,4)5)15-23-19-9-7-8-16(2)12-19/h7-15H,6H2,1-5H3. The molecule has 0 aliphatic carbocycles. The van der Waals surface area contributed by atoms with E-state index in [9.17, 15) is 0 Å². The van der Waals surface area contributed by atoms with Crippen molar-refractivity contribution in [3.63, 3.8) is 0 Å². The van der Waals surface area contributed by atoms with Gasteiger partial charge < -0.3 is 4.90 Å². The van der Waals surface area contributed by atoms with Gasteiger partial charge in [-0.25, -0.2) is 0 Å². The Bertz CT molecular complexity index is 812. The van der Waals surface area contributed by atoms with Crippen molar-refractivity contribution in [3.05, 3.63) is 65.2 Å². The summed E-state index contributed by atoms with van der Waals surface area (Å²) < 4.78 is 0. The van der Waals surface area contributed by atoms with Gasteiger partial charge in [0.2, 0.25) is 0 Å². The van der Waals surface area contributed by atoms with Crippen LogP contribution in [-0.2, 0) is 0 Å². The maximum absolute atomic E-state index is 4.62. The molecule has 2 aromatic carbocycles. The third-order valence-electron chi connectivity index (χ3n) is 4.68. The molecule has 0 aromatic heterocycles. The van der Waals surface area contributed by atoms with E-state index in [4.69, 9.17) is 0 Å². The predicted octanol–water partition coefficient (Wildman–Crippen LogP) is 5.77. The molecule has 1 aliphatic rings. The highest BCUT2D eigenvalue weighted by Crippen LogP contribution is 2.38. The Labute approximate surface area is 145 Å². The van der Waals surface area contributed by atoms with Crippen molar-refractivity contribution >= 4 is 23.2 Å². The molecule has 0 saturated heterocycles. The third-order valence-corrected chi connectivity index (χ3v) is 4.68. The lowest BCUT2D eigenvalue weighted by Crippen LogP contribution is -2.44. The zero-order valence-electron chi connectivity index (χ0n) is 15.3. The van der Waals surface area contributed by atoms with Crippen molar-refractivity contribution in [3.8, 4) is 0 Å². The van der Waals surface area contributed by atoms with E-state index in [-0.39, 0.29) is 5.54 Å². The molecule has 2 nitrogen and oxygen atoms in total. The van der Waals surface area contributed by atoms with Crippen molar-refractivity contribution in [1.82, 2.24) is 0 Å². The van der Waals surface area contributed by atoms with E-state index < -0.39 is 0 Å². The fraction of sp³-hybridized carbons (Fsp3) is 0.318. The molecule has 0 radical (unpaired) electrons. The molecule has 2 aromatic rings. The molecular weight excluding hydrogens is 292 g/mol. The van der Waals surface area contributed by atoms with Gasteiger partial charge in [-0.15, -0.1) is 0 Å². The summed E-state index contributed by atoms with van der Waals surface area (Å²) in [5, 5.41) is 0. The van der Waals surface area contributed by atoms with Crippen molar-refractivity contribution in [2.75, 3.05) is 11.4 Å². The number of rotatable bonds is 3. The first-order valence-electron chi connectivity index (χ1n) is 8.63. The fourth-order valence-corrected chi connectivity index (χ4v) is 3.62. The predicted molar refractivity (Wildman–Crippen MR) is 106 cm³/mol. The number of benzene rings is 2. The number of hydrogen-bond acceptors (Lipinski definition) is 2. The molecule has 1 heterocycles. The van der Waals surface area contributed by atoms with Crippen LogP contribution in [0.15, 0.2) is 53.5 Å². The van der Waals surface area contributed by atoms with Gasteiger partial charge in [-0.1, -0.05) is 24.3 Å². The Kier molecular flexibility index (Phi) is 4.31. The lowest BCUT2D eigenvalue weighted by atomic mass is 9.88. The van der Waals surface area contributed by atoms with Gasteiger partial charge in [0.15, 0.2) is 0 Å². The molecule has 0 amide bonds. The maximum atomic E-state index is 4.62. The Hall–Kier alpha value is -2.35. The van der Waals surface area contributed by atoms with Crippen LogP contribution in [0.25, 0.3) is 5.57 Å². The van der Waals surface area contributed by atoms with Crippen molar-refractivity contribution in [2.24, 2.45) is 4.99 Å². The Morgan fingerprint density at radius 3 is 2.58 bits per heavy atom. The smallest absolute Gasteiger partial charge is 0.0632 e. The SMILES string of the molecule is CCN1c2ccc(C=Nc3cccc(C)c3)cc2C(C)=CC1(C)C. The molecule has 2 heteroatoms. The monoisotopic (exact) mass is 318 g/mol. The number of anilines is 1. The van der Waals surface area contributed by atoms with Crippen LogP contribution in [0.2, 0.25) is 0 Å². The molecule has 0 spiro atoms. The number of likely N-dealkylation sites (N-methyl/N-ethyl adjacent to an activating group) is 1. The number of allylic oxidation sites excluding steroid dienone is 1. The summed E-state index contributed by atoms with van der Waals surface area (Å²) in [7, 11) is 0. The van der Waals surface area contributed by atoms with Crippen LogP contribution in [0.3, 0.4) is 0 Å². The second-order valence-corrected chi connectivity index (χ2v) is 7.10. The number of fused-ring (bicyclic) bond motifs is 1. The minimum atomic E-state index is 0.0585. The number of nitrogens with zero attached hydrogens (tertiary/aromatic N) is 2. The van der Waals surface area contributed by atoms with Gasteiger partial charge >= 0.3 is 0 Å². The van der Waals surface area contributed by atoms with E-state index in [1.165, 1.54) is 22.4 Å². The van der Waals surface area contributed by atoms with E-state index in [1.54, 1.807) is 0 Å². The Morgan fingerprint density at radius 2 is 1.88 bits per heavy atom. The maximum Gasteiger partial charge on any atom is 0.0632 e. The van der Waals surface area contributed by atoms with Gasteiger partial charge in [0.1, 0.15) is 0 Å². The Morgan fingerprint density at radius 1 is 1.08 bits per heavy atom. The van der Waals surface area contributed by atoms with E-state index in [0.29, 0.717) is 0 Å². The second kappa shape index (κ2) is 6.27. The van der Waals surface area contributed by atoms with Crippen LogP contribution in [0.1, 0.15) is 44.4 Å². The molecule has 0 N–H and O–H groups in total. The Balaban J connectivity index is 1.96. The highest BCUT2D eigenvalue weighted by Gasteiger charge is 2.29. The largest absolute Gasteiger partial charge is 0.363 e. The molecule has 0 bridgehead atoms. The minimum absolute atomic E-state index is 0.0585. The summed E-state index contributed by atoms with van der Waals surface area (Å²) >= 11 is 0. The first-order valence-corrected chi connectivity index (χ1v) is 8.63. The number of aliphatic imine (C=N–C) groups is 1. The quantitative estimate of drug-likeness (QED) is 0.656. The molecule has 0 atom stereocenters. The van der Waals surface area contributed by atoms with Crippen LogP contribution < -0.4 is 4.90 Å². The molecule has 124 valence electrons. The molecular formula is C22H26N2. The zero-order valence-corrected chi connectivity index (χ0v) is 15.3. The van der Waals surface area contributed by atoms with Crippen LogP contribution >= 0.6 is 0 Å². The number of aryl methyl sites for hydroxylation is 1. The van der Waals surface area contributed by atoms with Gasteiger partial charge in [0.25, 0.3) is 0 Å². The zero-order chi connectivity index (χ0) is 17.3. The van der Waals surface area contributed by atoms with Crippen LogP contribution in [0, 0.1) is 6.92 Å². The summed E-state index contributed by atoms with van der Waals surface area (Å²) in [6.45, 7) is 12.1. The fourth-order valence-electron chi connectivity index (χ4n) is 3.62. The lowest BCUT2D eigenvalue weighted by molar-refractivity contribution is 0.566. The average Bonchev–Trinajstić information content (AvgIpc) is 2.53. The summed E-state index contributed by atoms with van der Waals surface area (Å²) in [6, 6.07) is 14.9. The summed E-state index contributed by atoms with van der Waals surface area (Å²) in [5.41, 5.74) is 7.39. The molecule has 24 heavy (non-hydrogen) atoms. The molecule has 1 aliphatic heterocycles. The van der Waals surface area contributed by atoms with Crippen molar-refractivity contribution in [1.29, 1.82) is 0 Å². The van der Waals surface area contributed by atoms with Gasteiger partial charge in [0, 0.05) is 24.0 Å². The van der Waals surface area contributed by atoms with Crippen LogP contribution in [0.5, 0.6) is 0 Å². The van der Waals surface area contributed by atoms with E-state index in [1.807, 2.05) is 18.3 Å². The molecule has 0 fully saturated rings. The van der Waals surface area contributed by atoms with Gasteiger partial charge in [-0.3, -0.25) is 4.99 Å². The summed E-state index contributed by atoms with van der Waals surface area (Å²) in [5.74, 6) is 0. The topological polar surface area (TPSA) is 15.6 Å². The van der Waals surface area contributed by atoms with Gasteiger partial charge in [-0.2, -0.15) is 0 Å². The molecule has 0 saturated carbocycles. The highest BCUT2D eigenvalue weighted by molar-refractivity contribution is 5.88. The second-order valence-electron chi connectivity index (χ2n) is 7.10. The minimum Gasteiger partial charge on any atom is -0.363 e. The van der Waals surface area contributed by atoms with Crippen LogP contribution in [-0.4, -0.2) is 18.3 Å². The first-order chi connectivity index (χ1) is 11.4. The van der Waals surface area contributed by atoms with Crippen LogP contribution in [0.4, 0.5) is 11.4 Å². The normalized spacial score (nSPS) is 16.2. The van der Waals surface area contributed by atoms with Gasteiger partial charge in [-0.05, 0) is 75.6 Å². The van der Waals surface area contributed by atoms with E-state index >= 15 is 0 Å². The lowest BCUT2D eigenvalue weighted by Gasteiger charge is -2.42. The van der Waals surface area contributed by atoms with Crippen molar-refractivity contribution in [2.45, 2.75) is 40.2 Å². The summed E-state index contributed by atoms with van der Waals surface area (Å²) in [6.07, 6.45) is 4.32. The molecule has 3 rings (SSSR count). The van der Waals surface area contributed by atoms with Crippen molar-refractivity contribution < 1.29 is 0 Å². The average molecular weight is 318 g/mol. The molecule has 0 unspecified atom stereocenters.